The van der Waals surface area contributed by atoms with E-state index in [-0.39, 0.29) is 24.0 Å². The van der Waals surface area contributed by atoms with Crippen LogP contribution in [0.15, 0.2) is 53.5 Å². The Morgan fingerprint density at radius 2 is 1.74 bits per heavy atom. The zero-order chi connectivity index (χ0) is 21.2. The lowest BCUT2D eigenvalue weighted by Crippen LogP contribution is -2.39. The summed E-state index contributed by atoms with van der Waals surface area (Å²) in [6.07, 6.45) is 0. The second-order valence-electron chi connectivity index (χ2n) is 6.62. The first-order chi connectivity index (χ1) is 14.7. The largest absolute Gasteiger partial charge is 0.497 e. The second-order valence-corrected chi connectivity index (χ2v) is 6.62. The van der Waals surface area contributed by atoms with E-state index in [1.165, 1.54) is 5.56 Å². The SMILES string of the molecule is CCNC(=NCc1nc(-c2ccc(OC)cc2)n[nH]1)NCCOc1ccc(C)cc1.I. The van der Waals surface area contributed by atoms with Crippen LogP contribution < -0.4 is 20.1 Å². The van der Waals surface area contributed by atoms with E-state index in [2.05, 4.69) is 37.7 Å². The molecule has 0 unspecified atom stereocenters. The van der Waals surface area contributed by atoms with Crippen molar-refractivity contribution in [3.8, 4) is 22.9 Å². The molecule has 166 valence electrons. The smallest absolute Gasteiger partial charge is 0.191 e. The summed E-state index contributed by atoms with van der Waals surface area (Å²) in [4.78, 5) is 9.08. The lowest BCUT2D eigenvalue weighted by Gasteiger charge is -2.12. The Labute approximate surface area is 199 Å². The van der Waals surface area contributed by atoms with Gasteiger partial charge in [0.1, 0.15) is 30.5 Å². The predicted molar refractivity (Wildman–Crippen MR) is 133 cm³/mol. The summed E-state index contributed by atoms with van der Waals surface area (Å²) in [5.41, 5.74) is 2.13. The number of aromatic nitrogens is 3. The average Bonchev–Trinajstić information content (AvgIpc) is 3.25. The Morgan fingerprint density at radius 3 is 2.42 bits per heavy atom. The highest BCUT2D eigenvalue weighted by molar-refractivity contribution is 14.0. The van der Waals surface area contributed by atoms with Crippen LogP contribution in [0.4, 0.5) is 0 Å². The Balaban J connectivity index is 0.00000341. The maximum absolute atomic E-state index is 5.74. The minimum atomic E-state index is 0. The number of benzene rings is 2. The van der Waals surface area contributed by atoms with Crippen LogP contribution in [0.25, 0.3) is 11.4 Å². The highest BCUT2D eigenvalue weighted by atomic mass is 127. The van der Waals surface area contributed by atoms with Gasteiger partial charge in [0.25, 0.3) is 0 Å². The number of aliphatic imine (C=N–C) groups is 1. The molecule has 0 aliphatic carbocycles. The Kier molecular flexibility index (Phi) is 10.1. The number of guanidine groups is 1. The number of nitrogens with one attached hydrogen (secondary N) is 3. The van der Waals surface area contributed by atoms with Gasteiger partial charge in [-0.2, -0.15) is 5.10 Å². The topological polar surface area (TPSA) is 96.5 Å². The van der Waals surface area contributed by atoms with E-state index >= 15 is 0 Å². The number of rotatable bonds is 9. The van der Waals surface area contributed by atoms with Crippen LogP contribution in [-0.2, 0) is 6.54 Å². The van der Waals surface area contributed by atoms with E-state index in [1.807, 2.05) is 55.5 Å². The van der Waals surface area contributed by atoms with Crippen LogP contribution in [0.2, 0.25) is 0 Å². The van der Waals surface area contributed by atoms with Crippen molar-refractivity contribution in [3.05, 3.63) is 59.9 Å². The summed E-state index contributed by atoms with van der Waals surface area (Å²) >= 11 is 0. The summed E-state index contributed by atoms with van der Waals surface area (Å²) in [7, 11) is 1.64. The van der Waals surface area contributed by atoms with Gasteiger partial charge in [-0.05, 0) is 50.2 Å². The molecule has 31 heavy (non-hydrogen) atoms. The standard InChI is InChI=1S/C22H28N6O2.HI/c1-4-23-22(24-13-14-30-19-9-5-16(2)6-10-19)25-15-20-26-21(28-27-20)17-7-11-18(29-3)12-8-17;/h5-12H,4,13-15H2,1-3H3,(H2,23,24,25)(H,26,27,28);1H. The van der Waals surface area contributed by atoms with Crippen molar-refractivity contribution < 1.29 is 9.47 Å². The van der Waals surface area contributed by atoms with Gasteiger partial charge < -0.3 is 20.1 Å². The van der Waals surface area contributed by atoms with E-state index < -0.39 is 0 Å². The van der Waals surface area contributed by atoms with Gasteiger partial charge in [-0.3, -0.25) is 5.10 Å². The molecule has 0 spiro atoms. The van der Waals surface area contributed by atoms with Crippen molar-refractivity contribution in [2.75, 3.05) is 26.8 Å². The van der Waals surface area contributed by atoms with Crippen LogP contribution in [0, 0.1) is 6.92 Å². The van der Waals surface area contributed by atoms with E-state index in [9.17, 15) is 0 Å². The highest BCUT2D eigenvalue weighted by Crippen LogP contribution is 2.19. The third-order valence-corrected chi connectivity index (χ3v) is 4.30. The minimum absolute atomic E-state index is 0. The average molecular weight is 536 g/mol. The normalized spacial score (nSPS) is 10.9. The monoisotopic (exact) mass is 536 g/mol. The van der Waals surface area contributed by atoms with Crippen LogP contribution in [-0.4, -0.2) is 47.9 Å². The van der Waals surface area contributed by atoms with E-state index in [0.29, 0.717) is 37.3 Å². The van der Waals surface area contributed by atoms with E-state index in [1.54, 1.807) is 7.11 Å². The van der Waals surface area contributed by atoms with Crippen LogP contribution in [0.1, 0.15) is 18.3 Å². The van der Waals surface area contributed by atoms with Crippen molar-refractivity contribution in [3.63, 3.8) is 0 Å². The number of methoxy groups -OCH3 is 1. The molecule has 3 N–H and O–H groups in total. The van der Waals surface area contributed by atoms with Crippen LogP contribution >= 0.6 is 24.0 Å². The van der Waals surface area contributed by atoms with E-state index in [0.717, 1.165) is 23.6 Å². The fourth-order valence-electron chi connectivity index (χ4n) is 2.70. The van der Waals surface area contributed by atoms with Crippen LogP contribution in [0.5, 0.6) is 11.5 Å². The van der Waals surface area contributed by atoms with Crippen molar-refractivity contribution in [2.24, 2.45) is 4.99 Å². The molecule has 0 saturated heterocycles. The van der Waals surface area contributed by atoms with Crippen LogP contribution in [0.3, 0.4) is 0 Å². The fourth-order valence-corrected chi connectivity index (χ4v) is 2.70. The molecule has 1 aromatic heterocycles. The summed E-state index contributed by atoms with van der Waals surface area (Å²) in [5, 5.41) is 13.7. The molecule has 2 aromatic carbocycles. The Morgan fingerprint density at radius 1 is 1.03 bits per heavy atom. The number of hydrogen-bond acceptors (Lipinski definition) is 5. The summed E-state index contributed by atoms with van der Waals surface area (Å²) in [6, 6.07) is 15.6. The number of halogens is 1. The third kappa shape index (κ3) is 7.74. The summed E-state index contributed by atoms with van der Waals surface area (Å²) in [5.74, 6) is 3.68. The number of ether oxygens (including phenoxy) is 2. The van der Waals surface area contributed by atoms with Crippen molar-refractivity contribution in [2.45, 2.75) is 20.4 Å². The van der Waals surface area contributed by atoms with Gasteiger partial charge in [0, 0.05) is 12.1 Å². The molecule has 0 aliphatic rings. The Hall–Kier alpha value is -2.82. The molecule has 0 atom stereocenters. The van der Waals surface area contributed by atoms with Crippen molar-refractivity contribution >= 4 is 29.9 Å². The molecule has 3 rings (SSSR count). The molecule has 0 aliphatic heterocycles. The van der Waals surface area contributed by atoms with Gasteiger partial charge in [0.15, 0.2) is 11.8 Å². The quantitative estimate of drug-likeness (QED) is 0.168. The lowest BCUT2D eigenvalue weighted by molar-refractivity contribution is 0.322. The number of aryl methyl sites for hydroxylation is 1. The highest BCUT2D eigenvalue weighted by Gasteiger charge is 2.06. The molecule has 0 saturated carbocycles. The molecule has 0 radical (unpaired) electrons. The van der Waals surface area contributed by atoms with Crippen molar-refractivity contribution in [1.82, 2.24) is 25.8 Å². The van der Waals surface area contributed by atoms with Gasteiger partial charge in [0.05, 0.1) is 13.7 Å². The first kappa shape index (κ1) is 24.4. The summed E-state index contributed by atoms with van der Waals surface area (Å²) in [6.45, 7) is 6.40. The molecule has 1 heterocycles. The first-order valence-electron chi connectivity index (χ1n) is 9.95. The third-order valence-electron chi connectivity index (χ3n) is 4.30. The number of aromatic amines is 1. The molecule has 8 nitrogen and oxygen atoms in total. The number of hydrogen-bond donors (Lipinski definition) is 3. The molecule has 9 heteroatoms. The zero-order valence-electron chi connectivity index (χ0n) is 18.0. The molecule has 0 amide bonds. The van der Waals surface area contributed by atoms with Gasteiger partial charge in [-0.1, -0.05) is 17.7 Å². The van der Waals surface area contributed by atoms with Crippen molar-refractivity contribution in [1.29, 1.82) is 0 Å². The van der Waals surface area contributed by atoms with Gasteiger partial charge in [-0.15, -0.1) is 24.0 Å². The lowest BCUT2D eigenvalue weighted by atomic mass is 10.2. The first-order valence-corrected chi connectivity index (χ1v) is 9.95. The summed E-state index contributed by atoms with van der Waals surface area (Å²) < 4.78 is 10.9. The van der Waals surface area contributed by atoms with Gasteiger partial charge in [0.2, 0.25) is 0 Å². The van der Waals surface area contributed by atoms with E-state index in [4.69, 9.17) is 9.47 Å². The molecule has 0 fully saturated rings. The maximum Gasteiger partial charge on any atom is 0.191 e. The van der Waals surface area contributed by atoms with Gasteiger partial charge in [-0.25, -0.2) is 9.98 Å². The van der Waals surface area contributed by atoms with Gasteiger partial charge >= 0.3 is 0 Å². The number of H-pyrrole nitrogens is 1. The number of nitrogens with zero attached hydrogens (tertiary/aromatic N) is 3. The fraction of sp³-hybridized carbons (Fsp3) is 0.318. The predicted octanol–water partition coefficient (Wildman–Crippen LogP) is 3.54. The minimum Gasteiger partial charge on any atom is -0.497 e. The zero-order valence-corrected chi connectivity index (χ0v) is 20.3. The molecular formula is C22H29IN6O2. The molecule has 0 bridgehead atoms. The second kappa shape index (κ2) is 12.8. The maximum atomic E-state index is 5.74. The molecular weight excluding hydrogens is 507 g/mol. The molecule has 3 aromatic rings. The Bertz CT molecular complexity index is 941.